The topological polar surface area (TPSA) is 51.2 Å². The maximum atomic E-state index is 10.5. The van der Waals surface area contributed by atoms with Crippen LogP contribution in [0.2, 0.25) is 0 Å². The highest BCUT2D eigenvalue weighted by Gasteiger charge is 2.27. The van der Waals surface area contributed by atoms with Crippen molar-refractivity contribution in [2.45, 2.75) is 18.9 Å². The lowest BCUT2D eigenvalue weighted by Crippen LogP contribution is -2.31. The van der Waals surface area contributed by atoms with E-state index in [0.717, 1.165) is 36.6 Å². The van der Waals surface area contributed by atoms with E-state index in [1.807, 2.05) is 12.1 Å². The smallest absolute Gasteiger partial charge is 0.231 e. The maximum Gasteiger partial charge on any atom is 0.231 e. The van der Waals surface area contributed by atoms with Crippen LogP contribution >= 0.6 is 0 Å². The number of phenolic OH excluding ortho intramolecular Hbond substituents is 1. The van der Waals surface area contributed by atoms with Gasteiger partial charge in [-0.05, 0) is 42.8 Å². The van der Waals surface area contributed by atoms with Crippen LogP contribution < -0.4 is 14.2 Å². The van der Waals surface area contributed by atoms with Crippen molar-refractivity contribution in [1.82, 2.24) is 4.90 Å². The van der Waals surface area contributed by atoms with Crippen LogP contribution in [-0.2, 0) is 13.0 Å². The van der Waals surface area contributed by atoms with Gasteiger partial charge in [0.25, 0.3) is 0 Å². The average molecular weight is 327 g/mol. The van der Waals surface area contributed by atoms with E-state index in [0.29, 0.717) is 18.5 Å². The molecule has 2 aromatic rings. The first kappa shape index (κ1) is 15.1. The fourth-order valence-electron chi connectivity index (χ4n) is 3.68. The molecule has 126 valence electrons. The third-order valence-corrected chi connectivity index (χ3v) is 4.82. The Morgan fingerprint density at radius 2 is 2.04 bits per heavy atom. The molecule has 0 saturated carbocycles. The Balaban J connectivity index is 1.66. The first-order chi connectivity index (χ1) is 11.7. The molecule has 2 aliphatic rings. The number of likely N-dealkylation sites (N-methyl/N-ethyl adjacent to an activating group) is 1. The van der Waals surface area contributed by atoms with E-state index in [1.54, 1.807) is 7.11 Å². The van der Waals surface area contributed by atoms with Crippen molar-refractivity contribution in [3.05, 3.63) is 47.0 Å². The average Bonchev–Trinajstić information content (AvgIpc) is 3.03. The summed E-state index contributed by atoms with van der Waals surface area (Å²) in [5, 5.41) is 10.5. The van der Waals surface area contributed by atoms with E-state index in [-0.39, 0.29) is 5.75 Å². The fraction of sp³-hybridized carbons (Fsp3) is 0.368. The van der Waals surface area contributed by atoms with Gasteiger partial charge in [-0.25, -0.2) is 0 Å². The molecule has 0 fully saturated rings. The van der Waals surface area contributed by atoms with Gasteiger partial charge in [0.15, 0.2) is 23.0 Å². The molecule has 24 heavy (non-hydrogen) atoms. The minimum absolute atomic E-state index is 0.261. The number of nitrogens with zero attached hydrogens (tertiary/aromatic N) is 1. The molecule has 2 aromatic carbocycles. The van der Waals surface area contributed by atoms with Crippen molar-refractivity contribution >= 4 is 0 Å². The van der Waals surface area contributed by atoms with Crippen LogP contribution in [0, 0.1) is 0 Å². The molecule has 0 aliphatic carbocycles. The van der Waals surface area contributed by atoms with Gasteiger partial charge >= 0.3 is 0 Å². The summed E-state index contributed by atoms with van der Waals surface area (Å²) in [6.45, 7) is 1.98. The second-order valence-electron chi connectivity index (χ2n) is 6.47. The Hall–Kier alpha value is -2.40. The first-order valence-electron chi connectivity index (χ1n) is 8.11. The summed E-state index contributed by atoms with van der Waals surface area (Å²) in [5.74, 6) is 2.73. The highest BCUT2D eigenvalue weighted by molar-refractivity contribution is 5.52. The zero-order chi connectivity index (χ0) is 16.7. The van der Waals surface area contributed by atoms with Crippen LogP contribution in [0.5, 0.6) is 23.0 Å². The van der Waals surface area contributed by atoms with E-state index in [2.05, 4.69) is 30.1 Å². The lowest BCUT2D eigenvalue weighted by atomic mass is 9.85. The lowest BCUT2D eigenvalue weighted by molar-refractivity contribution is 0.174. The monoisotopic (exact) mass is 327 g/mol. The summed E-state index contributed by atoms with van der Waals surface area (Å²) in [6.07, 6.45) is 0.889. The fourth-order valence-corrected chi connectivity index (χ4v) is 3.68. The number of phenols is 1. The molecule has 0 spiro atoms. The lowest BCUT2D eigenvalue weighted by Gasteiger charge is -2.33. The molecule has 0 radical (unpaired) electrons. The number of fused-ring (bicyclic) bond motifs is 2. The molecule has 0 bridgehead atoms. The van der Waals surface area contributed by atoms with E-state index in [4.69, 9.17) is 14.2 Å². The molecule has 0 amide bonds. The predicted molar refractivity (Wildman–Crippen MR) is 90.0 cm³/mol. The zero-order valence-electron chi connectivity index (χ0n) is 13.9. The second-order valence-corrected chi connectivity index (χ2v) is 6.47. The van der Waals surface area contributed by atoms with Crippen molar-refractivity contribution in [2.75, 3.05) is 27.5 Å². The maximum absolute atomic E-state index is 10.5. The summed E-state index contributed by atoms with van der Waals surface area (Å²) in [7, 11) is 3.66. The van der Waals surface area contributed by atoms with Crippen molar-refractivity contribution in [2.24, 2.45) is 0 Å². The highest BCUT2D eigenvalue weighted by Crippen LogP contribution is 2.41. The SMILES string of the molecule is COc1ccc2c(c1O)CN(C)CC2Cc1ccc2c(c1)OCO2. The van der Waals surface area contributed by atoms with E-state index >= 15 is 0 Å². The molecule has 2 aliphatic heterocycles. The summed E-state index contributed by atoms with van der Waals surface area (Å²) in [4.78, 5) is 2.24. The second kappa shape index (κ2) is 5.91. The summed E-state index contributed by atoms with van der Waals surface area (Å²) in [6, 6.07) is 10.0. The number of methoxy groups -OCH3 is 1. The number of benzene rings is 2. The Kier molecular flexibility index (Phi) is 3.73. The molecule has 1 N–H and O–H groups in total. The van der Waals surface area contributed by atoms with E-state index < -0.39 is 0 Å². The number of aromatic hydroxyl groups is 1. The summed E-state index contributed by atoms with van der Waals surface area (Å²) < 4.78 is 16.1. The molecule has 0 saturated heterocycles. The van der Waals surface area contributed by atoms with Crippen molar-refractivity contribution in [3.8, 4) is 23.0 Å². The standard InChI is InChI=1S/C19H21NO4/c1-20-9-13(7-12-3-5-16-18(8-12)24-11-23-16)14-4-6-17(22-2)19(21)15(14)10-20/h3-6,8,13,21H,7,9-11H2,1-2H3. The molecule has 5 nitrogen and oxygen atoms in total. The van der Waals surface area contributed by atoms with Crippen LogP contribution in [0.4, 0.5) is 0 Å². The third-order valence-electron chi connectivity index (χ3n) is 4.82. The molecule has 4 rings (SSSR count). The molecule has 5 heteroatoms. The van der Waals surface area contributed by atoms with Gasteiger partial charge in [-0.1, -0.05) is 12.1 Å². The van der Waals surface area contributed by atoms with Gasteiger partial charge in [-0.3, -0.25) is 0 Å². The van der Waals surface area contributed by atoms with Crippen molar-refractivity contribution in [3.63, 3.8) is 0 Å². The van der Waals surface area contributed by atoms with E-state index in [1.165, 1.54) is 11.1 Å². The Bertz CT molecular complexity index is 774. The van der Waals surface area contributed by atoms with Gasteiger partial charge in [0, 0.05) is 24.6 Å². The zero-order valence-corrected chi connectivity index (χ0v) is 13.9. The quantitative estimate of drug-likeness (QED) is 0.939. The number of hydrogen-bond acceptors (Lipinski definition) is 5. The van der Waals surface area contributed by atoms with Crippen LogP contribution in [0.15, 0.2) is 30.3 Å². The molecule has 0 aromatic heterocycles. The van der Waals surface area contributed by atoms with Gasteiger partial charge in [0.2, 0.25) is 6.79 Å². The van der Waals surface area contributed by atoms with E-state index in [9.17, 15) is 5.11 Å². The molecule has 2 heterocycles. The molecule has 1 unspecified atom stereocenters. The number of rotatable bonds is 3. The normalized spacial score (nSPS) is 19.2. The van der Waals surface area contributed by atoms with Crippen LogP contribution in [-0.4, -0.2) is 37.5 Å². The molecular weight excluding hydrogens is 306 g/mol. The minimum atomic E-state index is 0.261. The largest absolute Gasteiger partial charge is 0.504 e. The van der Waals surface area contributed by atoms with Crippen LogP contribution in [0.1, 0.15) is 22.6 Å². The summed E-state index contributed by atoms with van der Waals surface area (Å²) in [5.41, 5.74) is 3.37. The Morgan fingerprint density at radius 3 is 2.88 bits per heavy atom. The van der Waals surface area contributed by atoms with Gasteiger partial charge < -0.3 is 24.2 Å². The van der Waals surface area contributed by atoms with Gasteiger partial charge in [-0.2, -0.15) is 0 Å². The number of ether oxygens (including phenoxy) is 3. The molecule has 1 atom stereocenters. The Labute approximate surface area is 141 Å². The predicted octanol–water partition coefficient (Wildman–Crippen LogP) is 2.90. The third kappa shape index (κ3) is 2.55. The summed E-state index contributed by atoms with van der Waals surface area (Å²) >= 11 is 0. The molecular formula is C19H21NO4. The van der Waals surface area contributed by atoms with Crippen molar-refractivity contribution < 1.29 is 19.3 Å². The Morgan fingerprint density at radius 1 is 1.21 bits per heavy atom. The first-order valence-corrected chi connectivity index (χ1v) is 8.11. The highest BCUT2D eigenvalue weighted by atomic mass is 16.7. The van der Waals surface area contributed by atoms with Crippen LogP contribution in [0.25, 0.3) is 0 Å². The minimum Gasteiger partial charge on any atom is -0.504 e. The van der Waals surface area contributed by atoms with Gasteiger partial charge in [-0.15, -0.1) is 0 Å². The van der Waals surface area contributed by atoms with Gasteiger partial charge in [0.05, 0.1) is 7.11 Å². The number of hydrogen-bond donors (Lipinski definition) is 1. The van der Waals surface area contributed by atoms with Crippen LogP contribution in [0.3, 0.4) is 0 Å². The van der Waals surface area contributed by atoms with Gasteiger partial charge in [0.1, 0.15) is 0 Å². The van der Waals surface area contributed by atoms with Crippen molar-refractivity contribution in [1.29, 1.82) is 0 Å².